The molecule has 3 heteroatoms. The number of rotatable bonds is 8. The van der Waals surface area contributed by atoms with Gasteiger partial charge in [-0.15, -0.1) is 0 Å². The van der Waals surface area contributed by atoms with Crippen molar-refractivity contribution in [3.8, 4) is 0 Å². The number of ether oxygens (including phenoxy) is 1. The first-order valence-corrected chi connectivity index (χ1v) is 8.25. The highest BCUT2D eigenvalue weighted by atomic mass is 16.5. The molecule has 2 aliphatic rings. The van der Waals surface area contributed by atoms with Crippen LogP contribution in [0.15, 0.2) is 0 Å². The van der Waals surface area contributed by atoms with Crippen LogP contribution >= 0.6 is 0 Å². The van der Waals surface area contributed by atoms with Crippen LogP contribution in [0.25, 0.3) is 0 Å². The standard InChI is InChI=1S/C16H32N2O/c1-4-8-19-9-7-18-12-16(14-5-6-14)17-11-15(18)10-13(2)3/h13-17H,4-12H2,1-3H3. The van der Waals surface area contributed by atoms with Crippen LogP contribution in [0.4, 0.5) is 0 Å². The SMILES string of the molecule is CCCOCCN1CC(C2CC2)NCC1CC(C)C. The molecule has 0 aromatic carbocycles. The van der Waals surface area contributed by atoms with Crippen molar-refractivity contribution in [2.75, 3.05) is 32.8 Å². The molecule has 1 saturated heterocycles. The molecule has 2 fully saturated rings. The second kappa shape index (κ2) is 7.61. The van der Waals surface area contributed by atoms with E-state index in [1.165, 1.54) is 32.4 Å². The van der Waals surface area contributed by atoms with Gasteiger partial charge in [-0.1, -0.05) is 20.8 Å². The summed E-state index contributed by atoms with van der Waals surface area (Å²) in [6.07, 6.45) is 5.30. The Balaban J connectivity index is 1.79. The monoisotopic (exact) mass is 268 g/mol. The summed E-state index contributed by atoms with van der Waals surface area (Å²) in [5.41, 5.74) is 0. The molecule has 3 nitrogen and oxygen atoms in total. The lowest BCUT2D eigenvalue weighted by molar-refractivity contribution is 0.0558. The molecule has 1 saturated carbocycles. The van der Waals surface area contributed by atoms with E-state index in [1.54, 1.807) is 0 Å². The molecule has 0 radical (unpaired) electrons. The molecule has 2 unspecified atom stereocenters. The summed E-state index contributed by atoms with van der Waals surface area (Å²) in [6.45, 7) is 12.2. The van der Waals surface area contributed by atoms with Crippen LogP contribution in [0.3, 0.4) is 0 Å². The smallest absolute Gasteiger partial charge is 0.0593 e. The van der Waals surface area contributed by atoms with Crippen LogP contribution in [0.1, 0.15) is 46.5 Å². The average molecular weight is 268 g/mol. The number of nitrogens with zero attached hydrogens (tertiary/aromatic N) is 1. The lowest BCUT2D eigenvalue weighted by Gasteiger charge is -2.41. The molecule has 19 heavy (non-hydrogen) atoms. The van der Waals surface area contributed by atoms with Crippen LogP contribution in [-0.2, 0) is 4.74 Å². The Morgan fingerprint density at radius 1 is 1.26 bits per heavy atom. The molecular weight excluding hydrogens is 236 g/mol. The Bertz CT molecular complexity index is 253. The highest BCUT2D eigenvalue weighted by Gasteiger charge is 2.36. The van der Waals surface area contributed by atoms with Gasteiger partial charge in [0.05, 0.1) is 6.61 Å². The van der Waals surface area contributed by atoms with Gasteiger partial charge in [-0.2, -0.15) is 0 Å². The maximum atomic E-state index is 5.69. The fourth-order valence-electron chi connectivity index (χ4n) is 3.18. The number of piperazine rings is 1. The van der Waals surface area contributed by atoms with Crippen LogP contribution in [0.5, 0.6) is 0 Å². The van der Waals surface area contributed by atoms with E-state index in [0.717, 1.165) is 44.1 Å². The van der Waals surface area contributed by atoms with Gasteiger partial charge in [0.25, 0.3) is 0 Å². The number of hydrogen-bond donors (Lipinski definition) is 1. The lowest BCUT2D eigenvalue weighted by atomic mass is 9.98. The van der Waals surface area contributed by atoms with Gasteiger partial charge in [0.1, 0.15) is 0 Å². The largest absolute Gasteiger partial charge is 0.380 e. The number of nitrogens with one attached hydrogen (secondary N) is 1. The molecule has 112 valence electrons. The Kier molecular flexibility index (Phi) is 6.11. The van der Waals surface area contributed by atoms with Crippen molar-refractivity contribution in [3.05, 3.63) is 0 Å². The van der Waals surface area contributed by atoms with Crippen molar-refractivity contribution < 1.29 is 4.74 Å². The van der Waals surface area contributed by atoms with Crippen LogP contribution < -0.4 is 5.32 Å². The van der Waals surface area contributed by atoms with Crippen molar-refractivity contribution in [3.63, 3.8) is 0 Å². The van der Waals surface area contributed by atoms with Crippen LogP contribution in [0, 0.1) is 11.8 Å². The third-order valence-corrected chi connectivity index (χ3v) is 4.37. The van der Waals surface area contributed by atoms with E-state index in [1.807, 2.05) is 0 Å². The highest BCUT2D eigenvalue weighted by Crippen LogP contribution is 2.34. The minimum atomic E-state index is 0.709. The first kappa shape index (κ1) is 15.3. The van der Waals surface area contributed by atoms with Crippen molar-refractivity contribution in [1.82, 2.24) is 10.2 Å². The molecule has 1 heterocycles. The van der Waals surface area contributed by atoms with Gasteiger partial charge in [0.15, 0.2) is 0 Å². The minimum absolute atomic E-state index is 0.709. The van der Waals surface area contributed by atoms with E-state index in [4.69, 9.17) is 4.74 Å². The Morgan fingerprint density at radius 2 is 2.05 bits per heavy atom. The minimum Gasteiger partial charge on any atom is -0.380 e. The normalized spacial score (nSPS) is 29.1. The molecule has 2 rings (SSSR count). The zero-order chi connectivity index (χ0) is 13.7. The molecule has 2 atom stereocenters. The molecule has 1 aliphatic carbocycles. The summed E-state index contributed by atoms with van der Waals surface area (Å²) in [4.78, 5) is 2.69. The second-order valence-corrected chi connectivity index (χ2v) is 6.74. The summed E-state index contributed by atoms with van der Waals surface area (Å²) in [6, 6.07) is 1.45. The van der Waals surface area contributed by atoms with E-state index < -0.39 is 0 Å². The predicted molar refractivity (Wildman–Crippen MR) is 80.4 cm³/mol. The Hall–Kier alpha value is -0.120. The third kappa shape index (κ3) is 5.05. The van der Waals surface area contributed by atoms with E-state index >= 15 is 0 Å². The lowest BCUT2D eigenvalue weighted by Crippen LogP contribution is -2.58. The first-order valence-electron chi connectivity index (χ1n) is 8.25. The zero-order valence-corrected chi connectivity index (χ0v) is 13.0. The molecule has 0 spiro atoms. The quantitative estimate of drug-likeness (QED) is 0.685. The summed E-state index contributed by atoms with van der Waals surface area (Å²) in [5, 5.41) is 3.79. The van der Waals surface area contributed by atoms with Crippen molar-refractivity contribution in [2.24, 2.45) is 11.8 Å². The summed E-state index contributed by atoms with van der Waals surface area (Å²) < 4.78 is 5.69. The van der Waals surface area contributed by atoms with Gasteiger partial charge in [-0.25, -0.2) is 0 Å². The Labute approximate surface area is 119 Å². The van der Waals surface area contributed by atoms with Gasteiger partial charge in [-0.05, 0) is 37.5 Å². The van der Waals surface area contributed by atoms with Gasteiger partial charge in [-0.3, -0.25) is 4.90 Å². The predicted octanol–water partition coefficient (Wildman–Crippen LogP) is 2.51. The summed E-state index contributed by atoms with van der Waals surface area (Å²) in [5.74, 6) is 1.74. The molecule has 1 aliphatic heterocycles. The molecular formula is C16H32N2O. The van der Waals surface area contributed by atoms with Crippen molar-refractivity contribution in [1.29, 1.82) is 0 Å². The van der Waals surface area contributed by atoms with Crippen LogP contribution in [0.2, 0.25) is 0 Å². The first-order chi connectivity index (χ1) is 9.20. The van der Waals surface area contributed by atoms with Gasteiger partial charge in [0, 0.05) is 38.3 Å². The molecule has 0 aromatic rings. The Morgan fingerprint density at radius 3 is 2.68 bits per heavy atom. The second-order valence-electron chi connectivity index (χ2n) is 6.74. The highest BCUT2D eigenvalue weighted by molar-refractivity contribution is 4.94. The van der Waals surface area contributed by atoms with E-state index in [-0.39, 0.29) is 0 Å². The van der Waals surface area contributed by atoms with Gasteiger partial charge < -0.3 is 10.1 Å². The van der Waals surface area contributed by atoms with Gasteiger partial charge >= 0.3 is 0 Å². The maximum absolute atomic E-state index is 5.69. The fraction of sp³-hybridized carbons (Fsp3) is 1.00. The van der Waals surface area contributed by atoms with E-state index in [9.17, 15) is 0 Å². The maximum Gasteiger partial charge on any atom is 0.0593 e. The van der Waals surface area contributed by atoms with Crippen molar-refractivity contribution >= 4 is 0 Å². The zero-order valence-electron chi connectivity index (χ0n) is 13.0. The fourth-order valence-corrected chi connectivity index (χ4v) is 3.18. The average Bonchev–Trinajstić information content (AvgIpc) is 3.20. The van der Waals surface area contributed by atoms with Crippen molar-refractivity contribution in [2.45, 2.75) is 58.5 Å². The molecule has 0 aromatic heterocycles. The summed E-state index contributed by atoms with van der Waals surface area (Å²) >= 11 is 0. The van der Waals surface area contributed by atoms with Crippen LogP contribution in [-0.4, -0.2) is 49.8 Å². The van der Waals surface area contributed by atoms with Gasteiger partial charge in [0.2, 0.25) is 0 Å². The van der Waals surface area contributed by atoms with E-state index in [0.29, 0.717) is 6.04 Å². The molecule has 0 bridgehead atoms. The molecule has 0 amide bonds. The third-order valence-electron chi connectivity index (χ3n) is 4.37. The number of hydrogen-bond acceptors (Lipinski definition) is 3. The van der Waals surface area contributed by atoms with E-state index in [2.05, 4.69) is 31.0 Å². The molecule has 1 N–H and O–H groups in total. The summed E-state index contributed by atoms with van der Waals surface area (Å²) in [7, 11) is 0. The topological polar surface area (TPSA) is 24.5 Å².